The van der Waals surface area contributed by atoms with E-state index in [1.54, 1.807) is 4.90 Å². The summed E-state index contributed by atoms with van der Waals surface area (Å²) >= 11 is 0. The molecule has 1 aliphatic rings. The van der Waals surface area contributed by atoms with Crippen molar-refractivity contribution in [3.63, 3.8) is 0 Å². The minimum atomic E-state index is -0.308. The van der Waals surface area contributed by atoms with Gasteiger partial charge in [-0.2, -0.15) is 0 Å². The highest BCUT2D eigenvalue weighted by molar-refractivity contribution is 5.68. The van der Waals surface area contributed by atoms with Gasteiger partial charge in [-0.15, -0.1) is 0 Å². The van der Waals surface area contributed by atoms with E-state index < -0.39 is 0 Å². The van der Waals surface area contributed by atoms with Gasteiger partial charge in [0.05, 0.1) is 19.3 Å². The SMILES string of the molecule is CCN1C(=O)OCCC1CO. The summed E-state index contributed by atoms with van der Waals surface area (Å²) in [5.41, 5.74) is 0. The van der Waals surface area contributed by atoms with Gasteiger partial charge in [0.15, 0.2) is 0 Å². The molecule has 0 bridgehead atoms. The molecule has 0 saturated carbocycles. The Morgan fingerprint density at radius 3 is 3.00 bits per heavy atom. The Balaban J connectivity index is 2.56. The lowest BCUT2D eigenvalue weighted by molar-refractivity contribution is 0.0277. The third kappa shape index (κ3) is 1.63. The van der Waals surface area contributed by atoms with Crippen molar-refractivity contribution in [3.05, 3.63) is 0 Å². The number of hydrogen-bond acceptors (Lipinski definition) is 3. The van der Waals surface area contributed by atoms with Crippen molar-refractivity contribution in [2.24, 2.45) is 0 Å². The predicted octanol–water partition coefficient (Wildman–Crippen LogP) is 0.209. The molecule has 1 amide bonds. The van der Waals surface area contributed by atoms with Crippen molar-refractivity contribution in [2.75, 3.05) is 19.8 Å². The minimum absolute atomic E-state index is 0.0307. The molecule has 1 unspecified atom stereocenters. The molecule has 1 aliphatic heterocycles. The fraction of sp³-hybridized carbons (Fsp3) is 0.857. The van der Waals surface area contributed by atoms with Gasteiger partial charge in [-0.3, -0.25) is 0 Å². The van der Waals surface area contributed by atoms with Crippen molar-refractivity contribution >= 4 is 6.09 Å². The molecule has 1 N–H and O–H groups in total. The number of rotatable bonds is 2. The summed E-state index contributed by atoms with van der Waals surface area (Å²) in [7, 11) is 0. The maximum absolute atomic E-state index is 11.0. The first-order valence-electron chi connectivity index (χ1n) is 3.83. The molecule has 1 saturated heterocycles. The summed E-state index contributed by atoms with van der Waals surface area (Å²) in [6, 6.07) is -0.0405. The average Bonchev–Trinajstić information content (AvgIpc) is 2.04. The van der Waals surface area contributed by atoms with Crippen LogP contribution in [-0.4, -0.2) is 41.9 Å². The number of nitrogens with zero attached hydrogens (tertiary/aromatic N) is 1. The summed E-state index contributed by atoms with van der Waals surface area (Å²) < 4.78 is 4.79. The number of carbonyl (C=O) groups excluding carboxylic acids is 1. The maximum atomic E-state index is 11.0. The van der Waals surface area contributed by atoms with E-state index in [0.717, 1.165) is 6.42 Å². The highest BCUT2D eigenvalue weighted by Gasteiger charge is 2.27. The van der Waals surface area contributed by atoms with E-state index in [4.69, 9.17) is 9.84 Å². The quantitative estimate of drug-likeness (QED) is 0.626. The Morgan fingerprint density at radius 1 is 1.82 bits per heavy atom. The lowest BCUT2D eigenvalue weighted by Crippen LogP contribution is -2.47. The third-order valence-electron chi connectivity index (χ3n) is 1.90. The van der Waals surface area contributed by atoms with Gasteiger partial charge in [-0.05, 0) is 6.92 Å². The number of cyclic esters (lactones) is 1. The molecule has 0 spiro atoms. The number of likely N-dealkylation sites (N-methyl/N-ethyl adjacent to an activating group) is 1. The molecule has 1 heterocycles. The van der Waals surface area contributed by atoms with Gasteiger partial charge in [-0.25, -0.2) is 4.79 Å². The van der Waals surface area contributed by atoms with Gasteiger partial charge in [0.1, 0.15) is 0 Å². The maximum Gasteiger partial charge on any atom is 0.410 e. The molecular formula is C7H13NO3. The first-order valence-corrected chi connectivity index (χ1v) is 3.83. The van der Waals surface area contributed by atoms with Crippen LogP contribution in [-0.2, 0) is 4.74 Å². The molecule has 64 valence electrons. The molecule has 4 nitrogen and oxygen atoms in total. The fourth-order valence-electron chi connectivity index (χ4n) is 1.25. The zero-order valence-corrected chi connectivity index (χ0v) is 6.62. The van der Waals surface area contributed by atoms with E-state index in [0.29, 0.717) is 13.2 Å². The predicted molar refractivity (Wildman–Crippen MR) is 39.2 cm³/mol. The number of ether oxygens (including phenoxy) is 1. The van der Waals surface area contributed by atoms with Crippen LogP contribution in [0.4, 0.5) is 4.79 Å². The van der Waals surface area contributed by atoms with Crippen LogP contribution in [0.2, 0.25) is 0 Å². The second kappa shape index (κ2) is 3.57. The van der Waals surface area contributed by atoms with Crippen LogP contribution in [0.25, 0.3) is 0 Å². The average molecular weight is 159 g/mol. The third-order valence-corrected chi connectivity index (χ3v) is 1.90. The van der Waals surface area contributed by atoms with Crippen LogP contribution < -0.4 is 0 Å². The first-order chi connectivity index (χ1) is 5.29. The topological polar surface area (TPSA) is 49.8 Å². The standard InChI is InChI=1S/C7H13NO3/c1-2-8-6(5-9)3-4-11-7(8)10/h6,9H,2-5H2,1H3. The second-order valence-corrected chi connectivity index (χ2v) is 2.53. The molecule has 4 heteroatoms. The smallest absolute Gasteiger partial charge is 0.410 e. The Morgan fingerprint density at radius 2 is 2.55 bits per heavy atom. The highest BCUT2D eigenvalue weighted by atomic mass is 16.6. The molecule has 0 aromatic rings. The minimum Gasteiger partial charge on any atom is -0.449 e. The van der Waals surface area contributed by atoms with E-state index in [9.17, 15) is 4.79 Å². The van der Waals surface area contributed by atoms with Gasteiger partial charge in [0.25, 0.3) is 0 Å². The highest BCUT2D eigenvalue weighted by Crippen LogP contribution is 2.11. The van der Waals surface area contributed by atoms with Gasteiger partial charge in [0.2, 0.25) is 0 Å². The van der Waals surface area contributed by atoms with Crippen LogP contribution in [0.15, 0.2) is 0 Å². The van der Waals surface area contributed by atoms with Gasteiger partial charge >= 0.3 is 6.09 Å². The Hall–Kier alpha value is -0.770. The molecule has 1 atom stereocenters. The van der Waals surface area contributed by atoms with E-state index in [-0.39, 0.29) is 18.7 Å². The number of aliphatic hydroxyl groups excluding tert-OH is 1. The second-order valence-electron chi connectivity index (χ2n) is 2.53. The largest absolute Gasteiger partial charge is 0.449 e. The van der Waals surface area contributed by atoms with Crippen molar-refractivity contribution in [2.45, 2.75) is 19.4 Å². The van der Waals surface area contributed by atoms with Gasteiger partial charge in [-0.1, -0.05) is 0 Å². The van der Waals surface area contributed by atoms with Crippen LogP contribution in [0, 0.1) is 0 Å². The van der Waals surface area contributed by atoms with Crippen molar-refractivity contribution in [1.29, 1.82) is 0 Å². The monoisotopic (exact) mass is 159 g/mol. The van der Waals surface area contributed by atoms with Gasteiger partial charge in [0, 0.05) is 13.0 Å². The Kier molecular flexibility index (Phi) is 2.70. The van der Waals surface area contributed by atoms with E-state index in [2.05, 4.69) is 0 Å². The Labute approximate surface area is 65.8 Å². The summed E-state index contributed by atoms with van der Waals surface area (Å²) in [5.74, 6) is 0. The van der Waals surface area contributed by atoms with Crippen molar-refractivity contribution in [3.8, 4) is 0 Å². The summed E-state index contributed by atoms with van der Waals surface area (Å²) in [6.45, 7) is 2.93. The summed E-state index contributed by atoms with van der Waals surface area (Å²) in [6.07, 6.45) is 0.425. The summed E-state index contributed by atoms with van der Waals surface area (Å²) in [5, 5.41) is 8.86. The molecule has 1 fully saturated rings. The fourth-order valence-corrected chi connectivity index (χ4v) is 1.25. The van der Waals surface area contributed by atoms with Crippen molar-refractivity contribution < 1.29 is 14.6 Å². The molecule has 0 aromatic heterocycles. The number of aliphatic hydroxyl groups is 1. The zero-order chi connectivity index (χ0) is 8.27. The number of carbonyl (C=O) groups is 1. The number of amides is 1. The zero-order valence-electron chi connectivity index (χ0n) is 6.62. The summed E-state index contributed by atoms with van der Waals surface area (Å²) in [4.78, 5) is 12.5. The van der Waals surface area contributed by atoms with Gasteiger partial charge < -0.3 is 14.7 Å². The van der Waals surface area contributed by atoms with Crippen LogP contribution in [0.3, 0.4) is 0 Å². The van der Waals surface area contributed by atoms with E-state index in [1.807, 2.05) is 6.92 Å². The number of hydrogen-bond donors (Lipinski definition) is 1. The van der Waals surface area contributed by atoms with E-state index in [1.165, 1.54) is 0 Å². The lowest BCUT2D eigenvalue weighted by Gasteiger charge is -2.32. The molecule has 1 rings (SSSR count). The van der Waals surface area contributed by atoms with Crippen molar-refractivity contribution in [1.82, 2.24) is 4.90 Å². The molecule has 0 aliphatic carbocycles. The lowest BCUT2D eigenvalue weighted by atomic mass is 10.2. The van der Waals surface area contributed by atoms with Crippen LogP contribution >= 0.6 is 0 Å². The molecule has 11 heavy (non-hydrogen) atoms. The van der Waals surface area contributed by atoms with E-state index >= 15 is 0 Å². The normalized spacial score (nSPS) is 25.1. The molecule has 0 radical (unpaired) electrons. The molecule has 0 aromatic carbocycles. The van der Waals surface area contributed by atoms with Crippen LogP contribution in [0.1, 0.15) is 13.3 Å². The molecular weight excluding hydrogens is 146 g/mol. The van der Waals surface area contributed by atoms with Crippen LogP contribution in [0.5, 0.6) is 0 Å². The first kappa shape index (κ1) is 8.33. The Bertz CT molecular complexity index is 149.